The van der Waals surface area contributed by atoms with E-state index in [4.69, 9.17) is 5.73 Å². The van der Waals surface area contributed by atoms with Crippen LogP contribution in [0.5, 0.6) is 0 Å². The number of piperidine rings is 1. The Hall–Kier alpha value is -1.10. The van der Waals surface area contributed by atoms with E-state index in [2.05, 4.69) is 10.1 Å². The van der Waals surface area contributed by atoms with E-state index in [0.29, 0.717) is 6.42 Å². The maximum atomic E-state index is 11.0. The lowest BCUT2D eigenvalue weighted by molar-refractivity contribution is -0.146. The molecule has 1 heterocycles. The van der Waals surface area contributed by atoms with E-state index in [1.54, 1.807) is 0 Å². The van der Waals surface area contributed by atoms with Gasteiger partial charge in [0.2, 0.25) is 5.91 Å². The van der Waals surface area contributed by atoms with Crippen molar-refractivity contribution in [2.75, 3.05) is 7.11 Å². The molecule has 1 rings (SSSR count). The second kappa shape index (κ2) is 3.53. The van der Waals surface area contributed by atoms with Crippen LogP contribution in [0.2, 0.25) is 0 Å². The molecule has 2 unspecified atom stereocenters. The molecule has 0 aromatic carbocycles. The van der Waals surface area contributed by atoms with Crippen LogP contribution in [0.25, 0.3) is 0 Å². The van der Waals surface area contributed by atoms with Gasteiger partial charge in [-0.3, -0.25) is 4.79 Å². The van der Waals surface area contributed by atoms with Gasteiger partial charge in [-0.05, 0) is 6.42 Å². The second-order valence-electron chi connectivity index (χ2n) is 2.84. The fourth-order valence-electron chi connectivity index (χ4n) is 1.23. The molecule has 5 heteroatoms. The van der Waals surface area contributed by atoms with E-state index >= 15 is 0 Å². The highest BCUT2D eigenvalue weighted by Gasteiger charge is 2.29. The first-order valence-corrected chi connectivity index (χ1v) is 3.76. The maximum Gasteiger partial charge on any atom is 0.328 e. The highest BCUT2D eigenvalue weighted by molar-refractivity contribution is 5.86. The van der Waals surface area contributed by atoms with Gasteiger partial charge in [0, 0.05) is 12.5 Å². The number of hydrogen-bond acceptors (Lipinski definition) is 4. The Morgan fingerprint density at radius 3 is 2.92 bits per heavy atom. The molecule has 0 spiro atoms. The molecule has 0 aliphatic carbocycles. The van der Waals surface area contributed by atoms with Gasteiger partial charge in [-0.2, -0.15) is 0 Å². The smallest absolute Gasteiger partial charge is 0.328 e. The summed E-state index contributed by atoms with van der Waals surface area (Å²) in [5.74, 6) is -0.623. The molecule has 0 saturated carbocycles. The van der Waals surface area contributed by atoms with Crippen LogP contribution in [-0.2, 0) is 14.3 Å². The highest BCUT2D eigenvalue weighted by Crippen LogP contribution is 2.08. The lowest BCUT2D eigenvalue weighted by Crippen LogP contribution is -2.51. The first kappa shape index (κ1) is 8.99. The van der Waals surface area contributed by atoms with Crippen LogP contribution in [0, 0.1) is 0 Å². The van der Waals surface area contributed by atoms with Crippen molar-refractivity contribution in [3.05, 3.63) is 0 Å². The van der Waals surface area contributed by atoms with E-state index in [0.717, 1.165) is 0 Å². The first-order chi connectivity index (χ1) is 5.63. The Balaban J connectivity index is 2.55. The third-order valence-corrected chi connectivity index (χ3v) is 1.81. The monoisotopic (exact) mass is 172 g/mol. The topological polar surface area (TPSA) is 81.4 Å². The van der Waals surface area contributed by atoms with Crippen LogP contribution in [-0.4, -0.2) is 31.1 Å². The van der Waals surface area contributed by atoms with Crippen LogP contribution in [0.4, 0.5) is 0 Å². The van der Waals surface area contributed by atoms with Crippen molar-refractivity contribution in [3.8, 4) is 0 Å². The van der Waals surface area contributed by atoms with Crippen molar-refractivity contribution < 1.29 is 14.3 Å². The van der Waals surface area contributed by atoms with Gasteiger partial charge in [0.1, 0.15) is 6.04 Å². The SMILES string of the molecule is COC(=O)C1CC(N)CC(=O)N1. The number of nitrogens with two attached hydrogens (primary N) is 1. The zero-order valence-corrected chi connectivity index (χ0v) is 6.87. The lowest BCUT2D eigenvalue weighted by atomic mass is 10.00. The van der Waals surface area contributed by atoms with Crippen molar-refractivity contribution in [3.63, 3.8) is 0 Å². The number of esters is 1. The number of carbonyl (C=O) groups is 2. The molecular weight excluding hydrogens is 160 g/mol. The summed E-state index contributed by atoms with van der Waals surface area (Å²) in [6, 6.07) is -0.797. The van der Waals surface area contributed by atoms with Crippen LogP contribution >= 0.6 is 0 Å². The Morgan fingerprint density at radius 1 is 1.75 bits per heavy atom. The summed E-state index contributed by atoms with van der Waals surface area (Å²) in [6.07, 6.45) is 0.742. The molecule has 3 N–H and O–H groups in total. The summed E-state index contributed by atoms with van der Waals surface area (Å²) < 4.78 is 4.48. The molecule has 12 heavy (non-hydrogen) atoms. The summed E-state index contributed by atoms with van der Waals surface area (Å²) in [7, 11) is 1.29. The Morgan fingerprint density at radius 2 is 2.42 bits per heavy atom. The predicted molar refractivity (Wildman–Crippen MR) is 41.2 cm³/mol. The molecule has 0 aromatic rings. The van der Waals surface area contributed by atoms with Crippen molar-refractivity contribution in [2.45, 2.75) is 24.9 Å². The number of methoxy groups -OCH3 is 1. The van der Waals surface area contributed by atoms with Gasteiger partial charge in [-0.15, -0.1) is 0 Å². The standard InChI is InChI=1S/C7H12N2O3/c1-12-7(11)5-2-4(8)3-6(10)9-5/h4-5H,2-3,8H2,1H3,(H,9,10). The fraction of sp³-hybridized carbons (Fsp3) is 0.714. The number of nitrogens with one attached hydrogen (secondary N) is 1. The molecule has 5 nitrogen and oxygen atoms in total. The molecule has 68 valence electrons. The quantitative estimate of drug-likeness (QED) is 0.485. The van der Waals surface area contributed by atoms with Gasteiger partial charge in [0.25, 0.3) is 0 Å². The van der Waals surface area contributed by atoms with E-state index in [1.165, 1.54) is 7.11 Å². The van der Waals surface area contributed by atoms with Crippen molar-refractivity contribution >= 4 is 11.9 Å². The molecule has 1 saturated heterocycles. The van der Waals surface area contributed by atoms with E-state index in [-0.39, 0.29) is 18.4 Å². The summed E-state index contributed by atoms with van der Waals surface area (Å²) in [4.78, 5) is 21.9. The highest BCUT2D eigenvalue weighted by atomic mass is 16.5. The van der Waals surface area contributed by atoms with Crippen LogP contribution in [0.15, 0.2) is 0 Å². The maximum absolute atomic E-state index is 11.0. The Kier molecular flexibility index (Phi) is 2.65. The van der Waals surface area contributed by atoms with Crippen molar-refractivity contribution in [1.82, 2.24) is 5.32 Å². The minimum absolute atomic E-state index is 0.191. The average molecular weight is 172 g/mol. The average Bonchev–Trinajstić information content (AvgIpc) is 2.01. The molecule has 1 amide bonds. The summed E-state index contributed by atoms with van der Waals surface area (Å²) in [6.45, 7) is 0. The van der Waals surface area contributed by atoms with Gasteiger partial charge in [-0.1, -0.05) is 0 Å². The first-order valence-electron chi connectivity index (χ1n) is 3.76. The van der Waals surface area contributed by atoms with Crippen LogP contribution in [0.1, 0.15) is 12.8 Å². The minimum atomic E-state index is -0.564. The van der Waals surface area contributed by atoms with Gasteiger partial charge in [0.15, 0.2) is 0 Å². The third kappa shape index (κ3) is 1.94. The van der Waals surface area contributed by atoms with Gasteiger partial charge >= 0.3 is 5.97 Å². The predicted octanol–water partition coefficient (Wildman–Crippen LogP) is -1.23. The number of hydrogen-bond donors (Lipinski definition) is 2. The number of amides is 1. The lowest BCUT2D eigenvalue weighted by Gasteiger charge is -2.25. The normalized spacial score (nSPS) is 29.3. The van der Waals surface area contributed by atoms with E-state index in [9.17, 15) is 9.59 Å². The van der Waals surface area contributed by atoms with Crippen molar-refractivity contribution in [1.29, 1.82) is 0 Å². The summed E-state index contributed by atoms with van der Waals surface area (Å²) in [5, 5.41) is 2.50. The molecule has 0 radical (unpaired) electrons. The third-order valence-electron chi connectivity index (χ3n) is 1.81. The molecule has 1 aliphatic heterocycles. The largest absolute Gasteiger partial charge is 0.467 e. The van der Waals surface area contributed by atoms with Crippen LogP contribution in [0.3, 0.4) is 0 Å². The van der Waals surface area contributed by atoms with Gasteiger partial charge in [0.05, 0.1) is 7.11 Å². The number of carbonyl (C=O) groups excluding carboxylic acids is 2. The summed E-state index contributed by atoms with van der Waals surface area (Å²) in [5.41, 5.74) is 5.54. The minimum Gasteiger partial charge on any atom is -0.467 e. The fourth-order valence-corrected chi connectivity index (χ4v) is 1.23. The molecule has 2 atom stereocenters. The molecule has 1 fully saturated rings. The molecule has 1 aliphatic rings. The van der Waals surface area contributed by atoms with Crippen molar-refractivity contribution in [2.24, 2.45) is 5.73 Å². The van der Waals surface area contributed by atoms with Crippen LogP contribution < -0.4 is 11.1 Å². The second-order valence-corrected chi connectivity index (χ2v) is 2.84. The van der Waals surface area contributed by atoms with E-state index in [1.807, 2.05) is 0 Å². The number of ether oxygens (including phenoxy) is 1. The Labute approximate surface area is 70.2 Å². The number of rotatable bonds is 1. The Bertz CT molecular complexity index is 205. The van der Waals surface area contributed by atoms with Gasteiger partial charge in [-0.25, -0.2) is 4.79 Å². The zero-order valence-electron chi connectivity index (χ0n) is 6.87. The zero-order chi connectivity index (χ0) is 9.14. The summed E-state index contributed by atoms with van der Waals surface area (Å²) >= 11 is 0. The van der Waals surface area contributed by atoms with E-state index < -0.39 is 12.0 Å². The molecule has 0 bridgehead atoms. The molecular formula is C7H12N2O3. The molecule has 0 aromatic heterocycles. The van der Waals surface area contributed by atoms with Gasteiger partial charge < -0.3 is 15.8 Å².